The van der Waals surface area contributed by atoms with Crippen LogP contribution in [-0.4, -0.2) is 45.4 Å². The van der Waals surface area contributed by atoms with Crippen molar-refractivity contribution in [2.75, 3.05) is 18.1 Å². The van der Waals surface area contributed by atoms with Crippen molar-refractivity contribution >= 4 is 27.5 Å². The van der Waals surface area contributed by atoms with Gasteiger partial charge in [-0.2, -0.15) is 0 Å². The lowest BCUT2D eigenvalue weighted by atomic mass is 9.94. The van der Waals surface area contributed by atoms with Crippen LogP contribution in [0.4, 0.5) is 14.6 Å². The first kappa shape index (κ1) is 21.2. The number of morpholine rings is 1. The van der Waals surface area contributed by atoms with E-state index < -0.39 is 5.82 Å². The van der Waals surface area contributed by atoms with Crippen LogP contribution in [0.3, 0.4) is 0 Å². The number of aromatic hydroxyl groups is 1. The highest BCUT2D eigenvalue weighted by Crippen LogP contribution is 2.40. The van der Waals surface area contributed by atoms with E-state index in [0.29, 0.717) is 58.6 Å². The number of fused-ring (bicyclic) bond motifs is 4. The summed E-state index contributed by atoms with van der Waals surface area (Å²) in [5.74, 6) is 0.124. The molecule has 0 amide bonds. The van der Waals surface area contributed by atoms with Crippen LogP contribution in [-0.2, 0) is 11.2 Å². The summed E-state index contributed by atoms with van der Waals surface area (Å²) in [5, 5.41) is 12.1. The predicted octanol–water partition coefficient (Wildman–Crippen LogP) is 5.07. The Hall–Kier alpha value is -3.39. The van der Waals surface area contributed by atoms with E-state index in [1.807, 2.05) is 6.92 Å². The van der Waals surface area contributed by atoms with Crippen molar-refractivity contribution in [2.24, 2.45) is 0 Å². The van der Waals surface area contributed by atoms with Crippen molar-refractivity contribution in [3.63, 3.8) is 0 Å². The predicted molar refractivity (Wildman–Crippen MR) is 126 cm³/mol. The van der Waals surface area contributed by atoms with Crippen molar-refractivity contribution < 1.29 is 18.6 Å². The summed E-state index contributed by atoms with van der Waals surface area (Å²) in [4.78, 5) is 15.8. The molecule has 2 aromatic heterocycles. The minimum Gasteiger partial charge on any atom is -0.508 e. The quantitative estimate of drug-likeness (QED) is 0.459. The van der Waals surface area contributed by atoms with Crippen LogP contribution in [0, 0.1) is 18.6 Å². The number of hydrogen-bond acceptors (Lipinski definition) is 6. The van der Waals surface area contributed by atoms with Gasteiger partial charge in [0.05, 0.1) is 30.7 Å². The van der Waals surface area contributed by atoms with E-state index in [2.05, 4.69) is 19.9 Å². The van der Waals surface area contributed by atoms with Gasteiger partial charge in [-0.3, -0.25) is 4.98 Å². The lowest BCUT2D eigenvalue weighted by Gasteiger charge is -2.36. The largest absolute Gasteiger partial charge is 0.508 e. The Morgan fingerprint density at radius 3 is 2.62 bits per heavy atom. The minimum atomic E-state index is -0.608. The second-order valence-electron chi connectivity index (χ2n) is 9.08. The molecule has 2 aliphatic heterocycles. The number of ether oxygens (including phenoxy) is 1. The summed E-state index contributed by atoms with van der Waals surface area (Å²) in [6.45, 7) is 4.84. The van der Waals surface area contributed by atoms with Crippen LogP contribution in [0.2, 0.25) is 0 Å². The van der Waals surface area contributed by atoms with E-state index in [-0.39, 0.29) is 34.9 Å². The highest BCUT2D eigenvalue weighted by Gasteiger charge is 2.39. The van der Waals surface area contributed by atoms with Crippen LogP contribution in [0.1, 0.15) is 31.2 Å². The topological polar surface area (TPSA) is 71.4 Å². The molecule has 4 aromatic rings. The molecule has 6 rings (SSSR count). The second kappa shape index (κ2) is 7.84. The molecule has 2 aromatic carbocycles. The van der Waals surface area contributed by atoms with E-state index in [9.17, 15) is 9.50 Å². The number of pyridine rings is 1. The van der Waals surface area contributed by atoms with Crippen LogP contribution < -0.4 is 4.90 Å². The number of halogens is 2. The van der Waals surface area contributed by atoms with Crippen LogP contribution >= 0.6 is 0 Å². The van der Waals surface area contributed by atoms with Gasteiger partial charge in [-0.05, 0) is 60.7 Å². The van der Waals surface area contributed by atoms with Gasteiger partial charge in [0, 0.05) is 11.8 Å². The van der Waals surface area contributed by atoms with E-state index >= 15 is 4.39 Å². The fourth-order valence-corrected chi connectivity index (χ4v) is 5.54. The molecule has 0 saturated carbocycles. The Kier molecular flexibility index (Phi) is 4.88. The monoisotopic (exact) mass is 462 g/mol. The summed E-state index contributed by atoms with van der Waals surface area (Å²) in [6, 6.07) is 6.34. The van der Waals surface area contributed by atoms with Crippen LogP contribution in [0.15, 0.2) is 30.5 Å². The Bertz CT molecular complexity index is 1440. The van der Waals surface area contributed by atoms with E-state index in [1.165, 1.54) is 12.1 Å². The first-order valence-corrected chi connectivity index (χ1v) is 11.6. The zero-order chi connectivity index (χ0) is 23.6. The number of phenols is 1. The number of phenolic OH excluding ortho intramolecular Hbond substituents is 1. The SMILES string of the molecule is CCc1c(F)ccc2cc(O)cc(-c3ncc4c(N5C6CCC5COC6)nc(C)nc4c3F)c12. The third-order valence-corrected chi connectivity index (χ3v) is 7.02. The summed E-state index contributed by atoms with van der Waals surface area (Å²) in [5.41, 5.74) is 1.00. The molecule has 0 radical (unpaired) electrons. The van der Waals surface area contributed by atoms with Crippen LogP contribution in [0.25, 0.3) is 32.9 Å². The molecule has 2 atom stereocenters. The summed E-state index contributed by atoms with van der Waals surface area (Å²) >= 11 is 0. The average molecular weight is 463 g/mol. The molecule has 0 aliphatic carbocycles. The van der Waals surface area contributed by atoms with Crippen molar-refractivity contribution in [3.8, 4) is 17.0 Å². The third-order valence-electron chi connectivity index (χ3n) is 7.02. The molecule has 4 heterocycles. The molecular formula is C26H24F2N4O2. The molecule has 1 N–H and O–H groups in total. The number of benzene rings is 2. The van der Waals surface area contributed by atoms with Crippen molar-refractivity contribution in [1.82, 2.24) is 15.0 Å². The molecule has 2 saturated heterocycles. The third kappa shape index (κ3) is 3.12. The van der Waals surface area contributed by atoms with Crippen molar-refractivity contribution in [2.45, 2.75) is 45.2 Å². The maximum Gasteiger partial charge on any atom is 0.175 e. The van der Waals surface area contributed by atoms with Gasteiger partial charge in [0.2, 0.25) is 0 Å². The molecule has 8 heteroatoms. The molecular weight excluding hydrogens is 438 g/mol. The Morgan fingerprint density at radius 2 is 1.88 bits per heavy atom. The highest BCUT2D eigenvalue weighted by molar-refractivity contribution is 6.01. The first-order chi connectivity index (χ1) is 16.5. The lowest BCUT2D eigenvalue weighted by molar-refractivity contribution is 0.0903. The number of rotatable bonds is 3. The summed E-state index contributed by atoms with van der Waals surface area (Å²) in [6.07, 6.45) is 4.02. The molecule has 2 unspecified atom stereocenters. The van der Waals surface area contributed by atoms with E-state index in [0.717, 1.165) is 12.8 Å². The second-order valence-corrected chi connectivity index (χ2v) is 9.08. The Labute approximate surface area is 195 Å². The van der Waals surface area contributed by atoms with Gasteiger partial charge in [0.15, 0.2) is 5.82 Å². The highest BCUT2D eigenvalue weighted by atomic mass is 19.1. The molecule has 2 bridgehead atoms. The summed E-state index contributed by atoms with van der Waals surface area (Å²) < 4.78 is 36.5. The molecule has 174 valence electrons. The van der Waals surface area contributed by atoms with Crippen molar-refractivity contribution in [3.05, 3.63) is 53.5 Å². The first-order valence-electron chi connectivity index (χ1n) is 11.6. The van der Waals surface area contributed by atoms with Gasteiger partial charge in [-0.25, -0.2) is 18.7 Å². The Balaban J connectivity index is 1.61. The molecule has 34 heavy (non-hydrogen) atoms. The normalized spacial score (nSPS) is 19.9. The lowest BCUT2D eigenvalue weighted by Crippen LogP contribution is -2.46. The van der Waals surface area contributed by atoms with Gasteiger partial charge in [-0.1, -0.05) is 13.0 Å². The standard InChI is InChI=1S/C26H24F2N4O2/c1-3-18-21(27)7-4-14-8-17(33)9-19(22(14)18)24-23(28)25-20(10-29-24)26(31-13(2)30-25)32-15-5-6-16(32)12-34-11-15/h4,7-10,15-16,33H,3,5-6,11-12H2,1-2H3. The van der Waals surface area contributed by atoms with E-state index in [4.69, 9.17) is 4.74 Å². The minimum absolute atomic E-state index is 0.0303. The number of hydrogen-bond donors (Lipinski definition) is 1. The summed E-state index contributed by atoms with van der Waals surface area (Å²) in [7, 11) is 0. The van der Waals surface area contributed by atoms with Gasteiger partial charge < -0.3 is 14.7 Å². The van der Waals surface area contributed by atoms with Crippen molar-refractivity contribution in [1.29, 1.82) is 0 Å². The van der Waals surface area contributed by atoms with E-state index in [1.54, 1.807) is 25.3 Å². The maximum absolute atomic E-state index is 16.1. The fourth-order valence-electron chi connectivity index (χ4n) is 5.54. The maximum atomic E-state index is 16.1. The molecule has 2 fully saturated rings. The van der Waals surface area contributed by atoms with Gasteiger partial charge in [0.1, 0.15) is 34.4 Å². The Morgan fingerprint density at radius 1 is 1.12 bits per heavy atom. The molecule has 2 aliphatic rings. The average Bonchev–Trinajstić information content (AvgIpc) is 3.06. The zero-order valence-electron chi connectivity index (χ0n) is 19.0. The molecule has 6 nitrogen and oxygen atoms in total. The number of aromatic nitrogens is 3. The van der Waals surface area contributed by atoms with Crippen LogP contribution in [0.5, 0.6) is 5.75 Å². The van der Waals surface area contributed by atoms with Gasteiger partial charge in [0.25, 0.3) is 0 Å². The van der Waals surface area contributed by atoms with Gasteiger partial charge in [-0.15, -0.1) is 0 Å². The zero-order valence-corrected chi connectivity index (χ0v) is 19.0. The smallest absolute Gasteiger partial charge is 0.175 e. The number of aryl methyl sites for hydroxylation is 2. The number of anilines is 1. The van der Waals surface area contributed by atoms with Gasteiger partial charge >= 0.3 is 0 Å². The number of nitrogens with zero attached hydrogens (tertiary/aromatic N) is 4. The fraction of sp³-hybridized carbons (Fsp3) is 0.346. The molecule has 0 spiro atoms.